The number of benzene rings is 1. The van der Waals surface area contributed by atoms with Gasteiger partial charge in [0.2, 0.25) is 0 Å². The van der Waals surface area contributed by atoms with Crippen LogP contribution in [0.3, 0.4) is 0 Å². The van der Waals surface area contributed by atoms with Crippen molar-refractivity contribution in [2.24, 2.45) is 0 Å². The van der Waals surface area contributed by atoms with Gasteiger partial charge < -0.3 is 15.2 Å². The quantitative estimate of drug-likeness (QED) is 0.737. The smallest absolute Gasteiger partial charge is 0.326 e. The summed E-state index contributed by atoms with van der Waals surface area (Å²) >= 11 is 3.31. The number of rotatable bonds is 7. The number of carbonyl (C=O) groups excluding carboxylic acids is 1. The lowest BCUT2D eigenvalue weighted by Crippen LogP contribution is -2.46. The van der Waals surface area contributed by atoms with Crippen LogP contribution < -0.4 is 10.1 Å². The van der Waals surface area contributed by atoms with E-state index >= 15 is 0 Å². The third kappa shape index (κ3) is 5.99. The number of allylic oxidation sites excluding steroid dienone is 1. The number of amides is 1. The standard InChI is InChI=1S/C15H18BrNO4/c1-3-4-8-13(15(19)20)17-14(18)10(2)21-12-7-5-6-11(16)9-12/h3-7,9-10,13H,8H2,1-2H3,(H,17,18)(H,19,20)/b4-3+. The number of aliphatic carboxylic acids is 1. The molecule has 2 N–H and O–H groups in total. The van der Waals surface area contributed by atoms with Crippen molar-refractivity contribution in [3.63, 3.8) is 0 Å². The third-order valence-electron chi connectivity index (χ3n) is 2.70. The van der Waals surface area contributed by atoms with Crippen molar-refractivity contribution >= 4 is 27.8 Å². The summed E-state index contributed by atoms with van der Waals surface area (Å²) in [5.41, 5.74) is 0. The van der Waals surface area contributed by atoms with Gasteiger partial charge in [-0.2, -0.15) is 0 Å². The number of ether oxygens (including phenoxy) is 1. The Morgan fingerprint density at radius 3 is 2.76 bits per heavy atom. The zero-order valence-electron chi connectivity index (χ0n) is 11.9. The van der Waals surface area contributed by atoms with Gasteiger partial charge in [0.25, 0.3) is 5.91 Å². The van der Waals surface area contributed by atoms with Crippen molar-refractivity contribution in [1.82, 2.24) is 5.32 Å². The predicted octanol–water partition coefficient (Wildman–Crippen LogP) is 2.75. The van der Waals surface area contributed by atoms with Crippen LogP contribution in [0, 0.1) is 0 Å². The molecule has 114 valence electrons. The molecule has 0 aromatic heterocycles. The van der Waals surface area contributed by atoms with Gasteiger partial charge in [-0.15, -0.1) is 0 Å². The Hall–Kier alpha value is -1.82. The van der Waals surface area contributed by atoms with Gasteiger partial charge in [-0.3, -0.25) is 4.79 Å². The van der Waals surface area contributed by atoms with Gasteiger partial charge in [-0.25, -0.2) is 4.79 Å². The number of carboxylic acids is 1. The number of hydrogen-bond donors (Lipinski definition) is 2. The van der Waals surface area contributed by atoms with Crippen molar-refractivity contribution in [3.8, 4) is 5.75 Å². The number of carboxylic acid groups (broad SMARTS) is 1. The second kappa shape index (κ2) is 8.46. The average molecular weight is 356 g/mol. The molecule has 1 aromatic carbocycles. The summed E-state index contributed by atoms with van der Waals surface area (Å²) in [6.45, 7) is 3.37. The highest BCUT2D eigenvalue weighted by molar-refractivity contribution is 9.10. The zero-order valence-corrected chi connectivity index (χ0v) is 13.5. The first-order valence-corrected chi connectivity index (χ1v) is 7.30. The van der Waals surface area contributed by atoms with E-state index in [0.717, 1.165) is 4.47 Å². The molecule has 0 aliphatic rings. The molecule has 6 heteroatoms. The van der Waals surface area contributed by atoms with E-state index in [1.165, 1.54) is 0 Å². The van der Waals surface area contributed by atoms with E-state index in [1.807, 2.05) is 6.07 Å². The highest BCUT2D eigenvalue weighted by atomic mass is 79.9. The second-order valence-corrected chi connectivity index (χ2v) is 5.34. The Balaban J connectivity index is 2.62. The normalized spacial score (nSPS) is 13.7. The monoisotopic (exact) mass is 355 g/mol. The molecule has 1 amide bonds. The molecular formula is C15H18BrNO4. The fourth-order valence-corrected chi connectivity index (χ4v) is 1.96. The first-order valence-electron chi connectivity index (χ1n) is 6.50. The Kier molecular flexibility index (Phi) is 6.94. The lowest BCUT2D eigenvalue weighted by atomic mass is 10.2. The summed E-state index contributed by atoms with van der Waals surface area (Å²) in [5.74, 6) is -1.00. The van der Waals surface area contributed by atoms with E-state index < -0.39 is 24.0 Å². The van der Waals surface area contributed by atoms with Gasteiger partial charge in [0, 0.05) is 4.47 Å². The van der Waals surface area contributed by atoms with Crippen LogP contribution in [0.4, 0.5) is 0 Å². The van der Waals surface area contributed by atoms with Crippen LogP contribution >= 0.6 is 15.9 Å². The molecule has 0 aliphatic carbocycles. The SMILES string of the molecule is C/C=C/CC(NC(=O)C(C)Oc1cccc(Br)c1)C(=O)O. The Labute approximate surface area is 132 Å². The molecule has 1 aromatic rings. The van der Waals surface area contributed by atoms with Crippen LogP contribution in [-0.4, -0.2) is 29.1 Å². The maximum absolute atomic E-state index is 12.0. The summed E-state index contributed by atoms with van der Waals surface area (Å²) in [6.07, 6.45) is 2.88. The molecule has 0 saturated carbocycles. The Morgan fingerprint density at radius 1 is 1.48 bits per heavy atom. The lowest BCUT2D eigenvalue weighted by molar-refractivity contribution is -0.142. The van der Waals surface area contributed by atoms with Gasteiger partial charge >= 0.3 is 5.97 Å². The minimum absolute atomic E-state index is 0.237. The van der Waals surface area contributed by atoms with E-state index in [0.29, 0.717) is 5.75 Å². The molecule has 5 nitrogen and oxygen atoms in total. The number of halogens is 1. The first-order chi connectivity index (χ1) is 9.93. The number of carbonyl (C=O) groups is 2. The molecule has 21 heavy (non-hydrogen) atoms. The number of nitrogens with one attached hydrogen (secondary N) is 1. The highest BCUT2D eigenvalue weighted by Crippen LogP contribution is 2.18. The van der Waals surface area contributed by atoms with Crippen LogP contribution in [0.15, 0.2) is 40.9 Å². The van der Waals surface area contributed by atoms with Crippen LogP contribution in [-0.2, 0) is 9.59 Å². The molecule has 0 heterocycles. The first kappa shape index (κ1) is 17.2. The summed E-state index contributed by atoms with van der Waals surface area (Å²) in [5, 5.41) is 11.5. The van der Waals surface area contributed by atoms with Crippen LogP contribution in [0.5, 0.6) is 5.75 Å². The van der Waals surface area contributed by atoms with Crippen molar-refractivity contribution in [3.05, 3.63) is 40.9 Å². The molecular weight excluding hydrogens is 338 g/mol. The maximum Gasteiger partial charge on any atom is 0.326 e. The molecule has 1 rings (SSSR count). The van der Waals surface area contributed by atoms with E-state index in [1.54, 1.807) is 44.2 Å². The van der Waals surface area contributed by atoms with E-state index in [2.05, 4.69) is 21.2 Å². The van der Waals surface area contributed by atoms with Gasteiger partial charge in [-0.1, -0.05) is 34.1 Å². The summed E-state index contributed by atoms with van der Waals surface area (Å²) in [6, 6.07) is 6.13. The topological polar surface area (TPSA) is 75.6 Å². The predicted molar refractivity (Wildman–Crippen MR) is 83.2 cm³/mol. The fourth-order valence-electron chi connectivity index (χ4n) is 1.58. The molecule has 0 saturated heterocycles. The summed E-state index contributed by atoms with van der Waals surface area (Å²) in [7, 11) is 0. The van der Waals surface area contributed by atoms with E-state index in [9.17, 15) is 9.59 Å². The van der Waals surface area contributed by atoms with E-state index in [4.69, 9.17) is 9.84 Å². The van der Waals surface area contributed by atoms with Crippen LogP contribution in [0.2, 0.25) is 0 Å². The summed E-state index contributed by atoms with van der Waals surface area (Å²) < 4.78 is 6.33. The fraction of sp³-hybridized carbons (Fsp3) is 0.333. The maximum atomic E-state index is 12.0. The van der Waals surface area contributed by atoms with Gasteiger partial charge in [0.05, 0.1) is 0 Å². The van der Waals surface area contributed by atoms with Gasteiger partial charge in [-0.05, 0) is 38.5 Å². The molecule has 0 bridgehead atoms. The third-order valence-corrected chi connectivity index (χ3v) is 3.19. The van der Waals surface area contributed by atoms with Crippen LogP contribution in [0.25, 0.3) is 0 Å². The molecule has 0 radical (unpaired) electrons. The minimum Gasteiger partial charge on any atom is -0.481 e. The van der Waals surface area contributed by atoms with Crippen LogP contribution in [0.1, 0.15) is 20.3 Å². The number of hydrogen-bond acceptors (Lipinski definition) is 3. The summed E-state index contributed by atoms with van der Waals surface area (Å²) in [4.78, 5) is 23.0. The van der Waals surface area contributed by atoms with E-state index in [-0.39, 0.29) is 6.42 Å². The van der Waals surface area contributed by atoms with Crippen molar-refractivity contribution in [1.29, 1.82) is 0 Å². The zero-order chi connectivity index (χ0) is 15.8. The van der Waals surface area contributed by atoms with Gasteiger partial charge in [0.1, 0.15) is 11.8 Å². The second-order valence-electron chi connectivity index (χ2n) is 4.42. The molecule has 0 aliphatic heterocycles. The minimum atomic E-state index is -1.07. The van der Waals surface area contributed by atoms with Gasteiger partial charge in [0.15, 0.2) is 6.10 Å². The molecule has 2 atom stereocenters. The van der Waals surface area contributed by atoms with Crippen molar-refractivity contribution < 1.29 is 19.4 Å². The van der Waals surface area contributed by atoms with Crippen molar-refractivity contribution in [2.75, 3.05) is 0 Å². The molecule has 0 spiro atoms. The van der Waals surface area contributed by atoms with Crippen molar-refractivity contribution in [2.45, 2.75) is 32.4 Å². The molecule has 2 unspecified atom stereocenters. The largest absolute Gasteiger partial charge is 0.481 e. The Morgan fingerprint density at radius 2 is 2.19 bits per heavy atom. The Bertz CT molecular complexity index is 530. The average Bonchev–Trinajstić information content (AvgIpc) is 2.42. The molecule has 0 fully saturated rings. The lowest BCUT2D eigenvalue weighted by Gasteiger charge is -2.18. The highest BCUT2D eigenvalue weighted by Gasteiger charge is 2.22.